The molecular weight excluding hydrogens is 158 g/mol. The molecule has 0 aromatic carbocycles. The van der Waals surface area contributed by atoms with E-state index in [4.69, 9.17) is 19.6 Å². The van der Waals surface area contributed by atoms with Crippen molar-refractivity contribution in [3.63, 3.8) is 0 Å². The summed E-state index contributed by atoms with van der Waals surface area (Å²) in [5, 5.41) is 0. The van der Waals surface area contributed by atoms with Gasteiger partial charge in [-0.3, -0.25) is 0 Å². The molecule has 0 heterocycles. The van der Waals surface area contributed by atoms with Gasteiger partial charge in [-0.05, 0) is 0 Å². The summed E-state index contributed by atoms with van der Waals surface area (Å²) in [6.07, 6.45) is 0. The third-order valence-electron chi connectivity index (χ3n) is 0. The van der Waals surface area contributed by atoms with Gasteiger partial charge in [0.2, 0.25) is 0 Å². The Hall–Kier alpha value is 1.39. The second-order valence-electron chi connectivity index (χ2n) is 0.537. The van der Waals surface area contributed by atoms with E-state index in [0.29, 0.717) is 0 Å². The van der Waals surface area contributed by atoms with Crippen LogP contribution < -0.4 is 18.9 Å². The van der Waals surface area contributed by atoms with Crippen molar-refractivity contribution in [3.05, 3.63) is 0 Å². The van der Waals surface area contributed by atoms with Gasteiger partial charge in [0, 0.05) is 17.1 Å². The molecule has 0 unspecified atom stereocenters. The third kappa shape index (κ3) is 111. The Morgan fingerprint density at radius 3 is 1.00 bits per heavy atom. The van der Waals surface area contributed by atoms with Gasteiger partial charge in [-0.1, -0.05) is 0 Å². The molecule has 0 amide bonds. The van der Waals surface area contributed by atoms with Crippen LogP contribution in [0.4, 0.5) is 0 Å². The molecule has 0 aliphatic carbocycles. The molecule has 7 heavy (non-hydrogen) atoms. The zero-order valence-electron chi connectivity index (χ0n) is 4.59. The first-order chi connectivity index (χ1) is 2.00. The zero-order valence-corrected chi connectivity index (χ0v) is 5.59. The second kappa shape index (κ2) is 5.52. The molecule has 0 aromatic rings. The maximum absolute atomic E-state index is 7.30. The average Bonchev–Trinajstić information content (AvgIpc) is 0.722. The Labute approximate surface area is 65.4 Å². The van der Waals surface area contributed by atoms with Crippen LogP contribution in [-0.4, -0.2) is 19.6 Å². The summed E-state index contributed by atoms with van der Waals surface area (Å²) in [5.74, 6) is 0. The summed E-state index contributed by atoms with van der Waals surface area (Å²) in [4.78, 5) is 29.2. The average molecular weight is 163 g/mol. The largest absolute Gasteiger partial charge is 1.00 e. The van der Waals surface area contributed by atoms with E-state index in [2.05, 4.69) is 0 Å². The SMILES string of the molecule is O[P+](O)(O)O.[Fe].[H-].[Li+]. The van der Waals surface area contributed by atoms with Crippen molar-refractivity contribution in [2.24, 2.45) is 0 Å². The zero-order chi connectivity index (χ0) is 4.50. The quantitative estimate of drug-likeness (QED) is 0.215. The molecule has 0 spiro atoms. The minimum absolute atomic E-state index is 0. The van der Waals surface area contributed by atoms with Crippen LogP contribution in [0.1, 0.15) is 1.43 Å². The fourth-order valence-electron chi connectivity index (χ4n) is 0. The van der Waals surface area contributed by atoms with Crippen molar-refractivity contribution in [2.75, 3.05) is 0 Å². The van der Waals surface area contributed by atoms with Gasteiger partial charge in [-0.15, -0.1) is 0 Å². The normalized spacial score (nSPS) is 8.57. The second-order valence-corrected chi connectivity index (χ2v) is 1.61. The van der Waals surface area contributed by atoms with Crippen LogP contribution in [-0.2, 0) is 17.1 Å². The summed E-state index contributed by atoms with van der Waals surface area (Å²) in [6.45, 7) is 0. The Kier molecular flexibility index (Phi) is 12.4. The molecule has 0 atom stereocenters. The molecule has 4 N–H and O–H groups in total. The molecule has 0 saturated carbocycles. The maximum atomic E-state index is 7.30. The van der Waals surface area contributed by atoms with E-state index >= 15 is 0 Å². The molecule has 0 aliphatic rings. The van der Waals surface area contributed by atoms with Gasteiger partial charge in [0.05, 0.1) is 0 Å². The van der Waals surface area contributed by atoms with E-state index in [9.17, 15) is 0 Å². The molecule has 0 rings (SSSR count). The molecule has 0 fully saturated rings. The Bertz CT molecular complexity index is 31.5. The fourth-order valence-corrected chi connectivity index (χ4v) is 0. The van der Waals surface area contributed by atoms with E-state index in [1.807, 2.05) is 0 Å². The number of hydrogen-bond acceptors (Lipinski definition) is 4. The Morgan fingerprint density at radius 2 is 1.00 bits per heavy atom. The number of rotatable bonds is 0. The molecule has 4 nitrogen and oxygen atoms in total. The summed E-state index contributed by atoms with van der Waals surface area (Å²) in [6, 6.07) is 0. The van der Waals surface area contributed by atoms with E-state index in [1.165, 1.54) is 0 Å². The molecule has 42 valence electrons. The van der Waals surface area contributed by atoms with Crippen molar-refractivity contribution >= 4 is 8.17 Å². The predicted molar refractivity (Wildman–Crippen MR) is 16.9 cm³/mol. The Balaban J connectivity index is -0.0000000267. The van der Waals surface area contributed by atoms with Crippen molar-refractivity contribution < 1.29 is 56.9 Å². The van der Waals surface area contributed by atoms with Crippen LogP contribution in [0.5, 0.6) is 0 Å². The third-order valence-corrected chi connectivity index (χ3v) is 0. The topological polar surface area (TPSA) is 80.9 Å². The maximum Gasteiger partial charge on any atom is 1.00 e. The van der Waals surface area contributed by atoms with Crippen molar-refractivity contribution in [2.45, 2.75) is 0 Å². The first-order valence-corrected chi connectivity index (χ1v) is 2.40. The molecular formula is H5FeLiO4P+. The Morgan fingerprint density at radius 1 is 1.00 bits per heavy atom. The van der Waals surface area contributed by atoms with Crippen molar-refractivity contribution in [1.82, 2.24) is 0 Å². The fraction of sp³-hybridized carbons (Fsp3) is 0. The van der Waals surface area contributed by atoms with Crippen LogP contribution in [0.2, 0.25) is 0 Å². The van der Waals surface area contributed by atoms with Crippen molar-refractivity contribution in [3.8, 4) is 0 Å². The van der Waals surface area contributed by atoms with Gasteiger partial charge in [0.1, 0.15) is 0 Å². The standard InChI is InChI=1S/Fe.Li.H4O4P.H/c;;1-5(2,3)4;/h;;1-4H;/q;2*+1;-1. The van der Waals surface area contributed by atoms with Crippen LogP contribution >= 0.6 is 8.17 Å². The first kappa shape index (κ1) is 15.8. The van der Waals surface area contributed by atoms with Gasteiger partial charge in [-0.25, -0.2) is 0 Å². The molecule has 7 heteroatoms. The minimum atomic E-state index is -4.39. The number of hydrogen-bond donors (Lipinski definition) is 4. The summed E-state index contributed by atoms with van der Waals surface area (Å²) in [5.41, 5.74) is 0. The smallest absolute Gasteiger partial charge is 1.00 e. The molecule has 0 aliphatic heterocycles. The van der Waals surface area contributed by atoms with E-state index in [-0.39, 0.29) is 37.4 Å². The predicted octanol–water partition coefficient (Wildman–Crippen LogP) is -4.25. The van der Waals surface area contributed by atoms with Gasteiger partial charge in [0.25, 0.3) is 0 Å². The van der Waals surface area contributed by atoms with E-state index in [0.717, 1.165) is 0 Å². The first-order valence-electron chi connectivity index (χ1n) is 0.800. The van der Waals surface area contributed by atoms with Gasteiger partial charge in [0.15, 0.2) is 0 Å². The van der Waals surface area contributed by atoms with Crippen molar-refractivity contribution in [1.29, 1.82) is 0 Å². The minimum Gasteiger partial charge on any atom is -1.00 e. The monoisotopic (exact) mass is 163 g/mol. The van der Waals surface area contributed by atoms with E-state index in [1.54, 1.807) is 0 Å². The summed E-state index contributed by atoms with van der Waals surface area (Å²) >= 11 is 0. The molecule has 0 bridgehead atoms. The molecule has 0 radical (unpaired) electrons. The van der Waals surface area contributed by atoms with Gasteiger partial charge in [-0.2, -0.15) is 19.6 Å². The van der Waals surface area contributed by atoms with Crippen LogP contribution in [0, 0.1) is 0 Å². The summed E-state index contributed by atoms with van der Waals surface area (Å²) < 4.78 is 0. The van der Waals surface area contributed by atoms with Gasteiger partial charge < -0.3 is 1.43 Å². The van der Waals surface area contributed by atoms with Crippen LogP contribution in [0.3, 0.4) is 0 Å². The van der Waals surface area contributed by atoms with Crippen LogP contribution in [0.25, 0.3) is 0 Å². The van der Waals surface area contributed by atoms with Gasteiger partial charge >= 0.3 is 27.0 Å². The molecule has 0 saturated heterocycles. The summed E-state index contributed by atoms with van der Waals surface area (Å²) in [7, 11) is -4.39. The molecule has 0 aromatic heterocycles. The van der Waals surface area contributed by atoms with Crippen LogP contribution in [0.15, 0.2) is 0 Å². The van der Waals surface area contributed by atoms with E-state index < -0.39 is 8.17 Å².